The van der Waals surface area contributed by atoms with E-state index in [2.05, 4.69) is 5.32 Å². The molecule has 0 aliphatic carbocycles. The number of hydrogen-bond acceptors (Lipinski definition) is 8. The van der Waals surface area contributed by atoms with E-state index in [4.69, 9.17) is 14.2 Å². The largest absolute Gasteiger partial charge is 0.454 e. The second-order valence-electron chi connectivity index (χ2n) is 5.24. The Kier molecular flexibility index (Phi) is 5.32. The molecular formula is C16H14N2O7S. The average molecular weight is 378 g/mol. The molecule has 0 saturated carbocycles. The molecule has 1 N–H and O–H groups in total. The molecule has 9 nitrogen and oxygen atoms in total. The zero-order chi connectivity index (χ0) is 18.5. The third kappa shape index (κ3) is 4.09. The fraction of sp³-hybridized carbons (Fsp3) is 0.250. The van der Waals surface area contributed by atoms with Crippen LogP contribution in [0.15, 0.2) is 29.6 Å². The Balaban J connectivity index is 1.56. The number of rotatable bonds is 7. The molecule has 0 saturated heterocycles. The van der Waals surface area contributed by atoms with Crippen LogP contribution in [0.5, 0.6) is 11.5 Å². The van der Waals surface area contributed by atoms with E-state index in [1.54, 1.807) is 11.3 Å². The SMILES string of the molecule is O=C(COC(=O)c1cc2c(cc1[N+](=O)[O-])OCO2)NCCc1cccs1. The number of thiophene rings is 1. The first-order chi connectivity index (χ1) is 12.5. The number of amides is 1. The van der Waals surface area contributed by atoms with Gasteiger partial charge < -0.3 is 19.5 Å². The molecule has 0 spiro atoms. The van der Waals surface area contributed by atoms with E-state index >= 15 is 0 Å². The minimum atomic E-state index is -0.983. The summed E-state index contributed by atoms with van der Waals surface area (Å²) < 4.78 is 15.0. The summed E-state index contributed by atoms with van der Waals surface area (Å²) >= 11 is 1.58. The van der Waals surface area contributed by atoms with Gasteiger partial charge in [-0.25, -0.2) is 4.79 Å². The van der Waals surface area contributed by atoms with Gasteiger partial charge in [-0.15, -0.1) is 11.3 Å². The smallest absolute Gasteiger partial charge is 0.345 e. The predicted molar refractivity (Wildman–Crippen MR) is 90.5 cm³/mol. The second-order valence-corrected chi connectivity index (χ2v) is 6.27. The lowest BCUT2D eigenvalue weighted by Gasteiger charge is -2.07. The van der Waals surface area contributed by atoms with E-state index < -0.39 is 29.1 Å². The second kappa shape index (κ2) is 7.83. The van der Waals surface area contributed by atoms with Crippen molar-refractivity contribution >= 4 is 28.9 Å². The Hall–Kier alpha value is -3.14. The number of carbonyl (C=O) groups is 2. The van der Waals surface area contributed by atoms with E-state index in [9.17, 15) is 19.7 Å². The Bertz CT molecular complexity index is 835. The van der Waals surface area contributed by atoms with Crippen LogP contribution in [0.3, 0.4) is 0 Å². The van der Waals surface area contributed by atoms with Crippen LogP contribution >= 0.6 is 11.3 Å². The quantitative estimate of drug-likeness (QED) is 0.444. The Morgan fingerprint density at radius 1 is 1.31 bits per heavy atom. The van der Waals surface area contributed by atoms with E-state index in [1.807, 2.05) is 17.5 Å². The molecule has 0 unspecified atom stereocenters. The summed E-state index contributed by atoms with van der Waals surface area (Å²) in [6, 6.07) is 6.15. The van der Waals surface area contributed by atoms with Crippen molar-refractivity contribution in [3.63, 3.8) is 0 Å². The predicted octanol–water partition coefficient (Wildman–Crippen LogP) is 1.90. The lowest BCUT2D eigenvalue weighted by Crippen LogP contribution is -2.30. The highest BCUT2D eigenvalue weighted by Crippen LogP contribution is 2.38. The van der Waals surface area contributed by atoms with Crippen LogP contribution in [0.1, 0.15) is 15.2 Å². The van der Waals surface area contributed by atoms with Gasteiger partial charge in [0.15, 0.2) is 18.1 Å². The van der Waals surface area contributed by atoms with Crippen molar-refractivity contribution in [1.82, 2.24) is 5.32 Å². The van der Waals surface area contributed by atoms with Crippen LogP contribution in [0.2, 0.25) is 0 Å². The molecule has 2 aromatic rings. The number of esters is 1. The molecule has 0 radical (unpaired) electrons. The fourth-order valence-electron chi connectivity index (χ4n) is 2.29. The molecule has 1 amide bonds. The van der Waals surface area contributed by atoms with Crippen molar-refractivity contribution in [2.75, 3.05) is 19.9 Å². The minimum Gasteiger partial charge on any atom is -0.454 e. The molecule has 3 rings (SSSR count). The summed E-state index contributed by atoms with van der Waals surface area (Å²) in [5.41, 5.74) is -0.775. The first kappa shape index (κ1) is 17.7. The van der Waals surface area contributed by atoms with Gasteiger partial charge in [-0.3, -0.25) is 14.9 Å². The average Bonchev–Trinajstić information content (AvgIpc) is 3.29. The molecule has 1 aliphatic heterocycles. The number of ether oxygens (including phenoxy) is 3. The first-order valence-corrected chi connectivity index (χ1v) is 8.47. The van der Waals surface area contributed by atoms with Crippen LogP contribution in [0.4, 0.5) is 5.69 Å². The lowest BCUT2D eigenvalue weighted by atomic mass is 10.1. The fourth-order valence-corrected chi connectivity index (χ4v) is 2.99. The Labute approximate surface area is 151 Å². The maximum atomic E-state index is 12.1. The van der Waals surface area contributed by atoms with Crippen molar-refractivity contribution in [2.24, 2.45) is 0 Å². The van der Waals surface area contributed by atoms with Crippen molar-refractivity contribution in [3.05, 3.63) is 50.2 Å². The van der Waals surface area contributed by atoms with Crippen molar-refractivity contribution in [3.8, 4) is 11.5 Å². The van der Waals surface area contributed by atoms with Crippen LogP contribution in [0, 0.1) is 10.1 Å². The number of nitro benzene ring substituents is 1. The number of carbonyl (C=O) groups excluding carboxylic acids is 2. The Morgan fingerprint density at radius 3 is 2.77 bits per heavy atom. The molecular weight excluding hydrogens is 364 g/mol. The molecule has 0 fully saturated rings. The molecule has 136 valence electrons. The molecule has 0 bridgehead atoms. The van der Waals surface area contributed by atoms with Gasteiger partial charge in [0.25, 0.3) is 11.6 Å². The molecule has 1 aromatic carbocycles. The van der Waals surface area contributed by atoms with Gasteiger partial charge in [0.2, 0.25) is 6.79 Å². The van der Waals surface area contributed by atoms with E-state index in [0.29, 0.717) is 13.0 Å². The topological polar surface area (TPSA) is 117 Å². The van der Waals surface area contributed by atoms with Gasteiger partial charge in [-0.05, 0) is 17.9 Å². The molecule has 2 heterocycles. The molecule has 26 heavy (non-hydrogen) atoms. The third-order valence-corrected chi connectivity index (χ3v) is 4.45. The van der Waals surface area contributed by atoms with E-state index in [1.165, 1.54) is 6.07 Å². The summed E-state index contributed by atoms with van der Waals surface area (Å²) in [5.74, 6) is -1.08. The van der Waals surface area contributed by atoms with Gasteiger partial charge in [0.05, 0.1) is 11.0 Å². The number of hydrogen-bond donors (Lipinski definition) is 1. The highest BCUT2D eigenvalue weighted by molar-refractivity contribution is 7.09. The zero-order valence-electron chi connectivity index (χ0n) is 13.4. The molecule has 0 atom stereocenters. The summed E-state index contributed by atoms with van der Waals surface area (Å²) in [7, 11) is 0. The third-order valence-electron chi connectivity index (χ3n) is 3.52. The summed E-state index contributed by atoms with van der Waals surface area (Å²) in [6.45, 7) is -0.215. The van der Waals surface area contributed by atoms with E-state index in [-0.39, 0.29) is 23.9 Å². The monoisotopic (exact) mass is 378 g/mol. The van der Waals surface area contributed by atoms with Gasteiger partial charge >= 0.3 is 5.97 Å². The number of fused-ring (bicyclic) bond motifs is 1. The maximum absolute atomic E-state index is 12.1. The van der Waals surface area contributed by atoms with Gasteiger partial charge in [-0.1, -0.05) is 6.07 Å². The zero-order valence-corrected chi connectivity index (χ0v) is 14.2. The maximum Gasteiger partial charge on any atom is 0.345 e. The number of nitrogens with zero attached hydrogens (tertiary/aromatic N) is 1. The van der Waals surface area contributed by atoms with Gasteiger partial charge in [-0.2, -0.15) is 0 Å². The number of benzene rings is 1. The molecule has 1 aliphatic rings. The van der Waals surface area contributed by atoms with Crippen molar-refractivity contribution in [1.29, 1.82) is 0 Å². The first-order valence-electron chi connectivity index (χ1n) is 7.59. The summed E-state index contributed by atoms with van der Waals surface area (Å²) in [6.07, 6.45) is 0.672. The van der Waals surface area contributed by atoms with E-state index in [0.717, 1.165) is 10.9 Å². The summed E-state index contributed by atoms with van der Waals surface area (Å²) in [5, 5.41) is 15.7. The van der Waals surface area contributed by atoms with Gasteiger partial charge in [0.1, 0.15) is 5.56 Å². The van der Waals surface area contributed by atoms with Crippen LogP contribution < -0.4 is 14.8 Å². The van der Waals surface area contributed by atoms with Crippen molar-refractivity contribution in [2.45, 2.75) is 6.42 Å². The van der Waals surface area contributed by atoms with Crippen LogP contribution in [-0.4, -0.2) is 36.7 Å². The minimum absolute atomic E-state index is 0.0857. The van der Waals surface area contributed by atoms with Crippen LogP contribution in [-0.2, 0) is 16.0 Å². The molecule has 10 heteroatoms. The highest BCUT2D eigenvalue weighted by Gasteiger charge is 2.28. The van der Waals surface area contributed by atoms with Gasteiger partial charge in [0, 0.05) is 17.5 Å². The summed E-state index contributed by atoms with van der Waals surface area (Å²) in [4.78, 5) is 35.4. The Morgan fingerprint density at radius 2 is 2.08 bits per heavy atom. The highest BCUT2D eigenvalue weighted by atomic mass is 32.1. The lowest BCUT2D eigenvalue weighted by molar-refractivity contribution is -0.385. The van der Waals surface area contributed by atoms with Crippen LogP contribution in [0.25, 0.3) is 0 Å². The van der Waals surface area contributed by atoms with Crippen molar-refractivity contribution < 1.29 is 28.7 Å². The number of nitro groups is 1. The number of nitrogens with one attached hydrogen (secondary N) is 1. The normalized spacial score (nSPS) is 11.8. The molecule has 1 aromatic heterocycles. The standard InChI is InChI=1S/C16H14N2O7S/c19-15(17-4-3-10-2-1-5-26-10)8-23-16(20)11-6-13-14(25-9-24-13)7-12(11)18(21)22/h1-2,5-7H,3-4,8-9H2,(H,17,19).